The number of unbranched alkanes of at least 4 members (excludes halogenated alkanes) is 3. The minimum absolute atomic E-state index is 0.142. The molecular weight excluding hydrogens is 396 g/mol. The molecule has 2 aromatic carbocycles. The average Bonchev–Trinajstić information content (AvgIpc) is 2.67. The van der Waals surface area contributed by atoms with Crippen LogP contribution in [0.5, 0.6) is 11.5 Å². The lowest BCUT2D eigenvalue weighted by atomic mass is 10.1. The Kier molecular flexibility index (Phi) is 9.04. The van der Waals surface area contributed by atoms with E-state index in [1.54, 1.807) is 0 Å². The standard InChI is InChI=1S/C21H25BrO4/c1-24-21(23)11-7-2-3-8-14-25-19-13-12-18(22)15-20(19)26-16-17-9-5-4-6-10-17/h4-6,9-10,12-13,15H,2-3,7-8,11,14,16H2,1H3. The summed E-state index contributed by atoms with van der Waals surface area (Å²) < 4.78 is 17.4. The average molecular weight is 421 g/mol. The van der Waals surface area contributed by atoms with E-state index in [0.29, 0.717) is 19.6 Å². The summed E-state index contributed by atoms with van der Waals surface area (Å²) in [5, 5.41) is 0. The van der Waals surface area contributed by atoms with Crippen LogP contribution in [0.15, 0.2) is 53.0 Å². The quantitative estimate of drug-likeness (QED) is 0.354. The van der Waals surface area contributed by atoms with Crippen LogP contribution in [0.25, 0.3) is 0 Å². The molecule has 0 radical (unpaired) electrons. The van der Waals surface area contributed by atoms with Gasteiger partial charge in [0.25, 0.3) is 0 Å². The molecule has 0 amide bonds. The highest BCUT2D eigenvalue weighted by Gasteiger charge is 2.07. The van der Waals surface area contributed by atoms with E-state index >= 15 is 0 Å². The maximum Gasteiger partial charge on any atom is 0.305 e. The fraction of sp³-hybridized carbons (Fsp3) is 0.381. The van der Waals surface area contributed by atoms with Gasteiger partial charge in [-0.1, -0.05) is 59.1 Å². The van der Waals surface area contributed by atoms with Crippen molar-refractivity contribution in [2.75, 3.05) is 13.7 Å². The van der Waals surface area contributed by atoms with Crippen LogP contribution in [-0.2, 0) is 16.1 Å². The van der Waals surface area contributed by atoms with Gasteiger partial charge in [-0.05, 0) is 36.6 Å². The molecule has 0 unspecified atom stereocenters. The van der Waals surface area contributed by atoms with E-state index in [0.717, 1.165) is 47.2 Å². The molecule has 0 saturated carbocycles. The number of hydrogen-bond donors (Lipinski definition) is 0. The summed E-state index contributed by atoms with van der Waals surface area (Å²) in [6, 6.07) is 15.8. The molecule has 5 heteroatoms. The fourth-order valence-electron chi connectivity index (χ4n) is 2.46. The highest BCUT2D eigenvalue weighted by molar-refractivity contribution is 9.10. The fourth-order valence-corrected chi connectivity index (χ4v) is 2.80. The third-order valence-corrected chi connectivity index (χ3v) is 4.40. The summed E-state index contributed by atoms with van der Waals surface area (Å²) >= 11 is 3.48. The maximum absolute atomic E-state index is 11.1. The zero-order chi connectivity index (χ0) is 18.6. The topological polar surface area (TPSA) is 44.8 Å². The van der Waals surface area contributed by atoms with Crippen molar-refractivity contribution in [3.05, 3.63) is 58.6 Å². The first kappa shape index (κ1) is 20.3. The number of benzene rings is 2. The molecule has 140 valence electrons. The summed E-state index contributed by atoms with van der Waals surface area (Å²) in [7, 11) is 1.42. The number of rotatable bonds is 11. The first-order valence-corrected chi connectivity index (χ1v) is 9.64. The van der Waals surface area contributed by atoms with Crippen LogP contribution in [-0.4, -0.2) is 19.7 Å². The summed E-state index contributed by atoms with van der Waals surface area (Å²) in [6.45, 7) is 1.13. The molecule has 26 heavy (non-hydrogen) atoms. The Morgan fingerprint density at radius 1 is 0.923 bits per heavy atom. The lowest BCUT2D eigenvalue weighted by molar-refractivity contribution is -0.140. The van der Waals surface area contributed by atoms with Crippen LogP contribution in [0.3, 0.4) is 0 Å². The zero-order valence-electron chi connectivity index (χ0n) is 15.1. The maximum atomic E-state index is 11.1. The third-order valence-electron chi connectivity index (χ3n) is 3.90. The number of hydrogen-bond acceptors (Lipinski definition) is 4. The van der Waals surface area contributed by atoms with Crippen LogP contribution in [0.2, 0.25) is 0 Å². The Balaban J connectivity index is 1.75. The highest BCUT2D eigenvalue weighted by atomic mass is 79.9. The first-order chi connectivity index (χ1) is 12.7. The van der Waals surface area contributed by atoms with Gasteiger partial charge in [-0.3, -0.25) is 4.79 Å². The van der Waals surface area contributed by atoms with Crippen molar-refractivity contribution in [2.45, 2.75) is 38.7 Å². The molecule has 0 saturated heterocycles. The molecule has 0 atom stereocenters. The summed E-state index contributed by atoms with van der Waals surface area (Å²) in [4.78, 5) is 11.1. The molecule has 2 aromatic rings. The second-order valence-electron chi connectivity index (χ2n) is 5.95. The number of esters is 1. The highest BCUT2D eigenvalue weighted by Crippen LogP contribution is 2.31. The molecule has 0 heterocycles. The van der Waals surface area contributed by atoms with Gasteiger partial charge in [0.15, 0.2) is 11.5 Å². The number of ether oxygens (including phenoxy) is 3. The Labute approximate surface area is 163 Å². The van der Waals surface area contributed by atoms with E-state index in [4.69, 9.17) is 9.47 Å². The van der Waals surface area contributed by atoms with Crippen LogP contribution < -0.4 is 9.47 Å². The van der Waals surface area contributed by atoms with E-state index in [9.17, 15) is 4.79 Å². The van der Waals surface area contributed by atoms with Gasteiger partial charge in [0.05, 0.1) is 13.7 Å². The minimum Gasteiger partial charge on any atom is -0.490 e. The SMILES string of the molecule is COC(=O)CCCCCCOc1ccc(Br)cc1OCc1ccccc1. The first-order valence-electron chi connectivity index (χ1n) is 8.85. The van der Waals surface area contributed by atoms with Gasteiger partial charge in [-0.25, -0.2) is 0 Å². The van der Waals surface area contributed by atoms with Crippen molar-refractivity contribution in [3.8, 4) is 11.5 Å². The molecule has 0 aliphatic carbocycles. The van der Waals surface area contributed by atoms with Crippen molar-refractivity contribution >= 4 is 21.9 Å². The van der Waals surface area contributed by atoms with E-state index in [1.165, 1.54) is 7.11 Å². The van der Waals surface area contributed by atoms with Crippen molar-refractivity contribution < 1.29 is 19.0 Å². The Hall–Kier alpha value is -2.01. The van der Waals surface area contributed by atoms with Gasteiger partial charge in [0.1, 0.15) is 6.61 Å². The number of carbonyl (C=O) groups excluding carboxylic acids is 1. The Morgan fingerprint density at radius 2 is 1.69 bits per heavy atom. The van der Waals surface area contributed by atoms with Gasteiger partial charge >= 0.3 is 5.97 Å². The van der Waals surface area contributed by atoms with E-state index in [-0.39, 0.29) is 5.97 Å². The van der Waals surface area contributed by atoms with Gasteiger partial charge in [-0.15, -0.1) is 0 Å². The molecule has 0 aliphatic rings. The number of methoxy groups -OCH3 is 1. The van der Waals surface area contributed by atoms with E-state index < -0.39 is 0 Å². The molecule has 2 rings (SSSR count). The molecular formula is C21H25BrO4. The number of halogens is 1. The third kappa shape index (κ3) is 7.48. The van der Waals surface area contributed by atoms with Crippen LogP contribution in [0.1, 0.15) is 37.7 Å². The molecule has 0 aliphatic heterocycles. The minimum atomic E-state index is -0.142. The summed E-state index contributed by atoms with van der Waals surface area (Å²) in [6.07, 6.45) is 4.30. The van der Waals surface area contributed by atoms with Crippen molar-refractivity contribution in [3.63, 3.8) is 0 Å². The Bertz CT molecular complexity index is 673. The van der Waals surface area contributed by atoms with E-state index in [2.05, 4.69) is 20.7 Å². The van der Waals surface area contributed by atoms with Gasteiger partial charge in [-0.2, -0.15) is 0 Å². The van der Waals surface area contributed by atoms with Crippen molar-refractivity contribution in [1.82, 2.24) is 0 Å². The second-order valence-corrected chi connectivity index (χ2v) is 6.87. The molecule has 4 nitrogen and oxygen atoms in total. The second kappa shape index (κ2) is 11.6. The molecule has 0 aromatic heterocycles. The van der Waals surface area contributed by atoms with Crippen molar-refractivity contribution in [2.24, 2.45) is 0 Å². The Morgan fingerprint density at radius 3 is 2.46 bits per heavy atom. The van der Waals surface area contributed by atoms with Crippen molar-refractivity contribution in [1.29, 1.82) is 0 Å². The van der Waals surface area contributed by atoms with Gasteiger partial charge in [0, 0.05) is 10.9 Å². The smallest absolute Gasteiger partial charge is 0.305 e. The molecule has 0 fully saturated rings. The van der Waals surface area contributed by atoms with Crippen LogP contribution in [0, 0.1) is 0 Å². The lowest BCUT2D eigenvalue weighted by Crippen LogP contribution is -2.02. The monoisotopic (exact) mass is 420 g/mol. The molecule has 0 bridgehead atoms. The number of carbonyl (C=O) groups is 1. The van der Waals surface area contributed by atoms with Gasteiger partial charge < -0.3 is 14.2 Å². The summed E-state index contributed by atoms with van der Waals surface area (Å²) in [5.41, 5.74) is 1.11. The molecule has 0 spiro atoms. The largest absolute Gasteiger partial charge is 0.490 e. The van der Waals surface area contributed by atoms with Crippen LogP contribution >= 0.6 is 15.9 Å². The summed E-state index contributed by atoms with van der Waals surface area (Å²) in [5.74, 6) is 1.34. The zero-order valence-corrected chi connectivity index (χ0v) is 16.7. The predicted octanol–water partition coefficient (Wildman–Crippen LogP) is 5.53. The van der Waals surface area contributed by atoms with Gasteiger partial charge in [0.2, 0.25) is 0 Å². The lowest BCUT2D eigenvalue weighted by Gasteiger charge is -2.13. The van der Waals surface area contributed by atoms with Crippen LogP contribution in [0.4, 0.5) is 0 Å². The normalized spacial score (nSPS) is 10.4. The predicted molar refractivity (Wildman–Crippen MR) is 106 cm³/mol. The molecule has 0 N–H and O–H groups in total. The van der Waals surface area contributed by atoms with E-state index in [1.807, 2.05) is 48.5 Å².